The molecule has 0 radical (unpaired) electrons. The standard InChI is InChI=1S/C10H12O5S/c1-8-3-5-10(6-4-8)16(12,13)15-7-14-9(2)11/h3-6H,7H2,1-2H3. The minimum Gasteiger partial charge on any atom is -0.437 e. The van der Waals surface area contributed by atoms with E-state index in [1.54, 1.807) is 12.1 Å². The molecular weight excluding hydrogens is 232 g/mol. The van der Waals surface area contributed by atoms with Gasteiger partial charge in [0.1, 0.15) is 0 Å². The summed E-state index contributed by atoms with van der Waals surface area (Å²) in [5.41, 5.74) is 0.943. The molecule has 1 aromatic rings. The summed E-state index contributed by atoms with van der Waals surface area (Å²) in [6.07, 6.45) is 0. The Morgan fingerprint density at radius 2 is 1.81 bits per heavy atom. The number of carbonyl (C=O) groups excluding carboxylic acids is 1. The molecule has 0 bridgehead atoms. The first-order valence-corrected chi connectivity index (χ1v) is 5.92. The molecule has 0 aliphatic rings. The molecule has 0 spiro atoms. The lowest BCUT2D eigenvalue weighted by molar-refractivity contribution is -0.147. The van der Waals surface area contributed by atoms with Gasteiger partial charge in [-0.25, -0.2) is 4.18 Å². The summed E-state index contributed by atoms with van der Waals surface area (Å²) in [6, 6.07) is 6.17. The molecule has 0 atom stereocenters. The van der Waals surface area contributed by atoms with Gasteiger partial charge in [-0.15, -0.1) is 0 Å². The van der Waals surface area contributed by atoms with Gasteiger partial charge in [0.05, 0.1) is 4.90 Å². The van der Waals surface area contributed by atoms with Crippen LogP contribution in [0.25, 0.3) is 0 Å². The number of ether oxygens (including phenoxy) is 1. The molecule has 0 heterocycles. The Kier molecular flexibility index (Phi) is 4.03. The fourth-order valence-electron chi connectivity index (χ4n) is 0.943. The molecular formula is C10H12O5S. The number of rotatable bonds is 4. The number of aryl methyl sites for hydroxylation is 1. The maximum absolute atomic E-state index is 11.5. The third-order valence-corrected chi connectivity index (χ3v) is 3.03. The first-order valence-electron chi connectivity index (χ1n) is 4.51. The average Bonchev–Trinajstić information content (AvgIpc) is 2.17. The molecule has 0 saturated carbocycles. The van der Waals surface area contributed by atoms with E-state index in [-0.39, 0.29) is 4.90 Å². The molecule has 0 N–H and O–H groups in total. The van der Waals surface area contributed by atoms with Crippen molar-refractivity contribution in [2.45, 2.75) is 18.7 Å². The number of hydrogen-bond donors (Lipinski definition) is 0. The highest BCUT2D eigenvalue weighted by Gasteiger charge is 2.15. The highest BCUT2D eigenvalue weighted by molar-refractivity contribution is 7.86. The summed E-state index contributed by atoms with van der Waals surface area (Å²) in [4.78, 5) is 10.4. The molecule has 6 heteroatoms. The quantitative estimate of drug-likeness (QED) is 0.452. The molecule has 0 aromatic heterocycles. The van der Waals surface area contributed by atoms with Crippen LogP contribution in [0.15, 0.2) is 29.2 Å². The number of hydrogen-bond acceptors (Lipinski definition) is 5. The van der Waals surface area contributed by atoms with Crippen LogP contribution in [0.5, 0.6) is 0 Å². The van der Waals surface area contributed by atoms with Crippen LogP contribution in [-0.4, -0.2) is 21.2 Å². The van der Waals surface area contributed by atoms with E-state index in [1.807, 2.05) is 6.92 Å². The number of esters is 1. The van der Waals surface area contributed by atoms with Crippen molar-refractivity contribution in [1.82, 2.24) is 0 Å². The Bertz CT molecular complexity index is 460. The monoisotopic (exact) mass is 244 g/mol. The average molecular weight is 244 g/mol. The Balaban J connectivity index is 2.71. The third kappa shape index (κ3) is 3.63. The normalized spacial score (nSPS) is 11.1. The minimum absolute atomic E-state index is 0.0326. The van der Waals surface area contributed by atoms with E-state index in [4.69, 9.17) is 0 Å². The Labute approximate surface area is 94.1 Å². The molecule has 1 aromatic carbocycles. The Morgan fingerprint density at radius 1 is 1.25 bits per heavy atom. The molecule has 0 unspecified atom stereocenters. The van der Waals surface area contributed by atoms with E-state index < -0.39 is 22.9 Å². The smallest absolute Gasteiger partial charge is 0.304 e. The molecule has 88 valence electrons. The van der Waals surface area contributed by atoms with E-state index in [0.29, 0.717) is 0 Å². The zero-order chi connectivity index (χ0) is 12.2. The maximum Gasteiger partial charge on any atom is 0.304 e. The summed E-state index contributed by atoms with van der Waals surface area (Å²) < 4.78 is 31.9. The molecule has 16 heavy (non-hydrogen) atoms. The second-order valence-electron chi connectivity index (χ2n) is 3.14. The molecule has 0 aliphatic carbocycles. The van der Waals surface area contributed by atoms with Crippen molar-refractivity contribution in [3.8, 4) is 0 Å². The van der Waals surface area contributed by atoms with Gasteiger partial charge >= 0.3 is 5.97 Å². The van der Waals surface area contributed by atoms with Gasteiger partial charge in [0.25, 0.3) is 10.1 Å². The molecule has 5 nitrogen and oxygen atoms in total. The van der Waals surface area contributed by atoms with Gasteiger partial charge < -0.3 is 4.74 Å². The van der Waals surface area contributed by atoms with Crippen LogP contribution < -0.4 is 0 Å². The van der Waals surface area contributed by atoms with Crippen molar-refractivity contribution in [1.29, 1.82) is 0 Å². The summed E-state index contributed by atoms with van der Waals surface area (Å²) in [5.74, 6) is -0.598. The highest BCUT2D eigenvalue weighted by atomic mass is 32.2. The van der Waals surface area contributed by atoms with Gasteiger partial charge in [-0.1, -0.05) is 17.7 Å². The van der Waals surface area contributed by atoms with E-state index in [1.165, 1.54) is 19.1 Å². The predicted octanol–water partition coefficient (Wildman–Crippen LogP) is 1.22. The van der Waals surface area contributed by atoms with E-state index >= 15 is 0 Å². The number of benzene rings is 1. The minimum atomic E-state index is -3.85. The lowest BCUT2D eigenvalue weighted by Gasteiger charge is -2.05. The van der Waals surface area contributed by atoms with Crippen LogP contribution in [0.2, 0.25) is 0 Å². The second kappa shape index (κ2) is 5.09. The Morgan fingerprint density at radius 3 is 2.31 bits per heavy atom. The van der Waals surface area contributed by atoms with Gasteiger partial charge in [0.2, 0.25) is 6.79 Å². The van der Waals surface area contributed by atoms with Crippen molar-refractivity contribution in [3.05, 3.63) is 29.8 Å². The topological polar surface area (TPSA) is 69.7 Å². The number of carbonyl (C=O) groups is 1. The summed E-state index contributed by atoms with van der Waals surface area (Å²) in [6.45, 7) is 2.41. The second-order valence-corrected chi connectivity index (χ2v) is 4.75. The molecule has 0 fully saturated rings. The summed E-state index contributed by atoms with van der Waals surface area (Å²) in [5, 5.41) is 0. The molecule has 1 rings (SSSR count). The van der Waals surface area contributed by atoms with Gasteiger partial charge in [-0.2, -0.15) is 8.42 Å². The van der Waals surface area contributed by atoms with Gasteiger partial charge in [-0.3, -0.25) is 4.79 Å². The fourth-order valence-corrected chi connectivity index (χ4v) is 1.72. The SMILES string of the molecule is CC(=O)OCOS(=O)(=O)c1ccc(C)cc1. The van der Waals surface area contributed by atoms with E-state index in [9.17, 15) is 13.2 Å². The summed E-state index contributed by atoms with van der Waals surface area (Å²) in [7, 11) is -3.85. The lowest BCUT2D eigenvalue weighted by Crippen LogP contribution is -2.11. The third-order valence-electron chi connectivity index (χ3n) is 1.78. The van der Waals surface area contributed by atoms with Crippen LogP contribution in [0, 0.1) is 6.92 Å². The highest BCUT2D eigenvalue weighted by Crippen LogP contribution is 2.12. The zero-order valence-corrected chi connectivity index (χ0v) is 9.78. The van der Waals surface area contributed by atoms with Crippen LogP contribution in [0.3, 0.4) is 0 Å². The van der Waals surface area contributed by atoms with Crippen molar-refractivity contribution in [2.75, 3.05) is 6.79 Å². The summed E-state index contributed by atoms with van der Waals surface area (Å²) >= 11 is 0. The Hall–Kier alpha value is -1.40. The molecule has 0 saturated heterocycles. The zero-order valence-electron chi connectivity index (χ0n) is 8.97. The van der Waals surface area contributed by atoms with E-state index in [0.717, 1.165) is 5.56 Å². The fraction of sp³-hybridized carbons (Fsp3) is 0.300. The van der Waals surface area contributed by atoms with Crippen LogP contribution in [-0.2, 0) is 23.8 Å². The van der Waals surface area contributed by atoms with Gasteiger partial charge in [-0.05, 0) is 19.1 Å². The maximum atomic E-state index is 11.5. The van der Waals surface area contributed by atoms with E-state index in [2.05, 4.69) is 8.92 Å². The van der Waals surface area contributed by atoms with Crippen molar-refractivity contribution >= 4 is 16.1 Å². The largest absolute Gasteiger partial charge is 0.437 e. The van der Waals surface area contributed by atoms with Crippen molar-refractivity contribution in [3.63, 3.8) is 0 Å². The van der Waals surface area contributed by atoms with Gasteiger partial charge in [0, 0.05) is 6.92 Å². The van der Waals surface area contributed by atoms with Gasteiger partial charge in [0.15, 0.2) is 0 Å². The van der Waals surface area contributed by atoms with Crippen LogP contribution in [0.1, 0.15) is 12.5 Å². The molecule has 0 aliphatic heterocycles. The first-order chi connectivity index (χ1) is 7.42. The van der Waals surface area contributed by atoms with Crippen LogP contribution in [0.4, 0.5) is 0 Å². The predicted molar refractivity (Wildman–Crippen MR) is 56.1 cm³/mol. The lowest BCUT2D eigenvalue weighted by atomic mass is 10.2. The van der Waals surface area contributed by atoms with Crippen molar-refractivity contribution < 1.29 is 22.1 Å². The van der Waals surface area contributed by atoms with Crippen LogP contribution >= 0.6 is 0 Å². The van der Waals surface area contributed by atoms with Crippen molar-refractivity contribution in [2.24, 2.45) is 0 Å². The first kappa shape index (κ1) is 12.7. The molecule has 0 amide bonds.